The summed E-state index contributed by atoms with van der Waals surface area (Å²) in [5, 5.41) is 20.4. The average Bonchev–Trinajstić information content (AvgIpc) is 3.37. The van der Waals surface area contributed by atoms with Gasteiger partial charge in [-0.05, 0) is 35.7 Å². The molecular formula is C17H10FN3O3S2. The number of benzene rings is 1. The molecule has 3 heterocycles. The molecule has 0 saturated carbocycles. The molecule has 1 amide bonds. The number of anilines is 1. The zero-order valence-corrected chi connectivity index (χ0v) is 14.6. The quantitative estimate of drug-likeness (QED) is 0.423. The molecule has 26 heavy (non-hydrogen) atoms. The molecule has 1 saturated heterocycles. The van der Waals surface area contributed by atoms with E-state index in [2.05, 4.69) is 10.2 Å². The first kappa shape index (κ1) is 16.6. The minimum absolute atomic E-state index is 0.0562. The first-order chi connectivity index (χ1) is 12.6. The molecule has 4 rings (SSSR count). The molecule has 1 atom stereocenters. The van der Waals surface area contributed by atoms with Crippen molar-refractivity contribution in [2.24, 2.45) is 0 Å². The number of aliphatic hydroxyl groups excluding tert-OH is 1. The summed E-state index contributed by atoms with van der Waals surface area (Å²) in [6.45, 7) is 0. The normalized spacial score (nSPS) is 19.3. The van der Waals surface area contributed by atoms with Crippen LogP contribution in [0.2, 0.25) is 0 Å². The summed E-state index contributed by atoms with van der Waals surface area (Å²) in [5.41, 5.74) is 1.66. The lowest BCUT2D eigenvalue weighted by Gasteiger charge is -2.20. The van der Waals surface area contributed by atoms with Crippen LogP contribution in [0.15, 0.2) is 52.9 Å². The molecule has 1 aromatic carbocycles. The smallest absolute Gasteiger partial charge is 0.301 e. The van der Waals surface area contributed by atoms with Gasteiger partial charge in [-0.15, -0.1) is 21.5 Å². The fourth-order valence-electron chi connectivity index (χ4n) is 2.78. The molecule has 1 fully saturated rings. The van der Waals surface area contributed by atoms with Gasteiger partial charge in [-0.25, -0.2) is 4.39 Å². The van der Waals surface area contributed by atoms with Gasteiger partial charge in [-0.3, -0.25) is 14.5 Å². The highest BCUT2D eigenvalue weighted by atomic mass is 32.1. The van der Waals surface area contributed by atoms with Crippen molar-refractivity contribution in [3.05, 3.63) is 69.1 Å². The Kier molecular flexibility index (Phi) is 4.09. The van der Waals surface area contributed by atoms with Crippen molar-refractivity contribution in [1.82, 2.24) is 10.2 Å². The van der Waals surface area contributed by atoms with Crippen molar-refractivity contribution in [1.29, 1.82) is 0 Å². The second-order valence-corrected chi connectivity index (χ2v) is 7.20. The molecule has 1 unspecified atom stereocenters. The number of rotatable bonds is 3. The second-order valence-electron chi connectivity index (χ2n) is 5.41. The Morgan fingerprint density at radius 1 is 1.15 bits per heavy atom. The summed E-state index contributed by atoms with van der Waals surface area (Å²) >= 11 is 2.47. The SMILES string of the molecule is O=C1C(=O)N(c2nncs2)C(c2cccs2)C1=C(O)c1ccc(F)cc1. The number of Topliss-reactive ketones (excluding diaryl/α,β-unsaturated/α-hetero) is 1. The van der Waals surface area contributed by atoms with Gasteiger partial charge in [-0.2, -0.15) is 0 Å². The Morgan fingerprint density at radius 2 is 1.92 bits per heavy atom. The van der Waals surface area contributed by atoms with Gasteiger partial charge < -0.3 is 5.11 Å². The van der Waals surface area contributed by atoms with E-state index in [1.807, 2.05) is 5.38 Å². The molecule has 0 radical (unpaired) electrons. The maximum absolute atomic E-state index is 13.2. The Bertz CT molecular complexity index is 999. The van der Waals surface area contributed by atoms with Crippen molar-refractivity contribution in [3.63, 3.8) is 0 Å². The Labute approximate surface area is 154 Å². The molecule has 0 bridgehead atoms. The Morgan fingerprint density at radius 3 is 2.54 bits per heavy atom. The van der Waals surface area contributed by atoms with E-state index < -0.39 is 23.5 Å². The molecule has 0 spiro atoms. The van der Waals surface area contributed by atoms with Crippen LogP contribution in [-0.4, -0.2) is 27.0 Å². The first-order valence-electron chi connectivity index (χ1n) is 7.44. The molecule has 1 aliphatic heterocycles. The lowest BCUT2D eigenvalue weighted by molar-refractivity contribution is -0.132. The zero-order valence-electron chi connectivity index (χ0n) is 13.0. The third kappa shape index (κ3) is 2.61. The number of carbonyl (C=O) groups is 2. The van der Waals surface area contributed by atoms with Crippen molar-refractivity contribution < 1.29 is 19.1 Å². The fraction of sp³-hybridized carbons (Fsp3) is 0.0588. The third-order valence-electron chi connectivity index (χ3n) is 3.93. The van der Waals surface area contributed by atoms with Gasteiger partial charge in [0.05, 0.1) is 5.57 Å². The maximum Gasteiger partial charge on any atom is 0.301 e. The summed E-state index contributed by atoms with van der Waals surface area (Å²) in [7, 11) is 0. The summed E-state index contributed by atoms with van der Waals surface area (Å²) in [4.78, 5) is 27.2. The lowest BCUT2D eigenvalue weighted by Crippen LogP contribution is -2.29. The van der Waals surface area contributed by atoms with E-state index in [0.717, 1.165) is 11.3 Å². The van der Waals surface area contributed by atoms with Gasteiger partial charge in [0.1, 0.15) is 23.1 Å². The number of thiophene rings is 1. The third-order valence-corrected chi connectivity index (χ3v) is 5.54. The van der Waals surface area contributed by atoms with Crippen LogP contribution in [0.25, 0.3) is 5.76 Å². The molecular weight excluding hydrogens is 377 g/mol. The number of ketones is 1. The summed E-state index contributed by atoms with van der Waals surface area (Å²) < 4.78 is 13.2. The monoisotopic (exact) mass is 387 g/mol. The van der Waals surface area contributed by atoms with Crippen molar-refractivity contribution in [2.75, 3.05) is 4.90 Å². The first-order valence-corrected chi connectivity index (χ1v) is 9.20. The van der Waals surface area contributed by atoms with Crippen LogP contribution in [0.4, 0.5) is 9.52 Å². The van der Waals surface area contributed by atoms with Gasteiger partial charge >= 0.3 is 5.91 Å². The highest BCUT2D eigenvalue weighted by molar-refractivity contribution is 7.13. The van der Waals surface area contributed by atoms with Crippen LogP contribution in [0.1, 0.15) is 16.5 Å². The van der Waals surface area contributed by atoms with Crippen LogP contribution in [0.5, 0.6) is 0 Å². The van der Waals surface area contributed by atoms with E-state index in [9.17, 15) is 19.1 Å². The molecule has 2 aromatic heterocycles. The van der Waals surface area contributed by atoms with E-state index in [4.69, 9.17) is 0 Å². The van der Waals surface area contributed by atoms with E-state index in [1.165, 1.54) is 46.0 Å². The number of aliphatic hydroxyl groups is 1. The fourth-order valence-corrected chi connectivity index (χ4v) is 4.19. The zero-order chi connectivity index (χ0) is 18.3. The van der Waals surface area contributed by atoms with Crippen molar-refractivity contribution in [2.45, 2.75) is 6.04 Å². The topological polar surface area (TPSA) is 83.4 Å². The van der Waals surface area contributed by atoms with Crippen LogP contribution in [0.3, 0.4) is 0 Å². The lowest BCUT2D eigenvalue weighted by atomic mass is 10.00. The van der Waals surface area contributed by atoms with Crippen LogP contribution in [0, 0.1) is 5.82 Å². The molecule has 1 N–H and O–H groups in total. The molecule has 9 heteroatoms. The summed E-state index contributed by atoms with van der Waals surface area (Å²) in [5.74, 6) is -2.43. The summed E-state index contributed by atoms with van der Waals surface area (Å²) in [6.07, 6.45) is 0. The summed E-state index contributed by atoms with van der Waals surface area (Å²) in [6, 6.07) is 7.81. The van der Waals surface area contributed by atoms with E-state index >= 15 is 0 Å². The van der Waals surface area contributed by atoms with Gasteiger partial charge in [0.15, 0.2) is 0 Å². The molecule has 6 nitrogen and oxygen atoms in total. The Balaban J connectivity index is 1.92. The Hall–Kier alpha value is -2.91. The predicted molar refractivity (Wildman–Crippen MR) is 95.4 cm³/mol. The number of hydrogen-bond acceptors (Lipinski definition) is 7. The molecule has 1 aliphatic rings. The minimum Gasteiger partial charge on any atom is -0.507 e. The highest BCUT2D eigenvalue weighted by Crippen LogP contribution is 2.43. The van der Waals surface area contributed by atoms with Gasteiger partial charge in [0, 0.05) is 10.4 Å². The van der Waals surface area contributed by atoms with Gasteiger partial charge in [-0.1, -0.05) is 17.4 Å². The second kappa shape index (κ2) is 6.43. The molecule has 3 aromatic rings. The number of halogens is 1. The number of aromatic nitrogens is 2. The minimum atomic E-state index is -0.819. The van der Waals surface area contributed by atoms with Crippen LogP contribution >= 0.6 is 22.7 Å². The van der Waals surface area contributed by atoms with Crippen molar-refractivity contribution >= 4 is 45.3 Å². The molecule has 130 valence electrons. The van der Waals surface area contributed by atoms with Crippen molar-refractivity contribution in [3.8, 4) is 0 Å². The van der Waals surface area contributed by atoms with E-state index in [-0.39, 0.29) is 22.0 Å². The van der Waals surface area contributed by atoms with Crippen LogP contribution < -0.4 is 4.90 Å². The van der Waals surface area contributed by atoms with Gasteiger partial charge in [0.25, 0.3) is 5.78 Å². The number of carbonyl (C=O) groups excluding carboxylic acids is 2. The largest absolute Gasteiger partial charge is 0.507 e. The number of hydrogen-bond donors (Lipinski definition) is 1. The predicted octanol–water partition coefficient (Wildman–Crippen LogP) is 3.37. The van der Waals surface area contributed by atoms with E-state index in [1.54, 1.807) is 12.1 Å². The maximum atomic E-state index is 13.2. The number of amides is 1. The van der Waals surface area contributed by atoms with E-state index in [0.29, 0.717) is 4.88 Å². The van der Waals surface area contributed by atoms with Gasteiger partial charge in [0.2, 0.25) is 5.13 Å². The standard InChI is InChI=1S/C17H10FN3O3S2/c18-10-5-3-9(4-6-10)14(22)12-13(11-2-1-7-25-11)21(16(24)15(12)23)17-20-19-8-26-17/h1-8,13,22H. The van der Waals surface area contributed by atoms with Crippen LogP contribution in [-0.2, 0) is 9.59 Å². The highest BCUT2D eigenvalue weighted by Gasteiger charge is 2.48. The molecule has 0 aliphatic carbocycles. The average molecular weight is 387 g/mol. The number of nitrogens with zero attached hydrogens (tertiary/aromatic N) is 3.